The first-order valence-corrected chi connectivity index (χ1v) is 11.5. The lowest BCUT2D eigenvalue weighted by molar-refractivity contribution is 0.238. The number of nitriles is 1. The van der Waals surface area contributed by atoms with Gasteiger partial charge < -0.3 is 4.57 Å². The van der Waals surface area contributed by atoms with Gasteiger partial charge >= 0.3 is 0 Å². The smallest absolute Gasteiger partial charge is 0.124 e. The molecule has 0 fully saturated rings. The van der Waals surface area contributed by atoms with E-state index < -0.39 is 0 Å². The SMILES string of the molecule is N#Cc1ccc(Cn2c(CN(Cc3ccccc3)Cc3ccccc3)nc3ccccc32)cc1. The third kappa shape index (κ3) is 5.06. The number of benzene rings is 4. The van der Waals surface area contributed by atoms with E-state index in [0.29, 0.717) is 12.1 Å². The van der Waals surface area contributed by atoms with Gasteiger partial charge in [0.15, 0.2) is 0 Å². The van der Waals surface area contributed by atoms with Gasteiger partial charge in [-0.3, -0.25) is 4.90 Å². The van der Waals surface area contributed by atoms with Crippen LogP contribution in [-0.4, -0.2) is 14.5 Å². The van der Waals surface area contributed by atoms with Crippen LogP contribution in [0.3, 0.4) is 0 Å². The molecule has 5 aromatic rings. The summed E-state index contributed by atoms with van der Waals surface area (Å²) in [5.74, 6) is 1.04. The Hall–Kier alpha value is -4.20. The molecule has 0 radical (unpaired) electrons. The van der Waals surface area contributed by atoms with Crippen LogP contribution in [0.5, 0.6) is 0 Å². The minimum atomic E-state index is 0.677. The lowest BCUT2D eigenvalue weighted by Crippen LogP contribution is -2.24. The van der Waals surface area contributed by atoms with Crippen molar-refractivity contribution in [3.8, 4) is 6.07 Å². The van der Waals surface area contributed by atoms with E-state index in [4.69, 9.17) is 10.2 Å². The van der Waals surface area contributed by atoms with Crippen LogP contribution in [-0.2, 0) is 26.2 Å². The Morgan fingerprint density at radius 1 is 0.647 bits per heavy atom. The number of aromatic nitrogens is 2. The lowest BCUT2D eigenvalue weighted by Gasteiger charge is -2.23. The molecule has 34 heavy (non-hydrogen) atoms. The van der Waals surface area contributed by atoms with Gasteiger partial charge in [-0.15, -0.1) is 0 Å². The van der Waals surface area contributed by atoms with Gasteiger partial charge in [-0.2, -0.15) is 5.26 Å². The van der Waals surface area contributed by atoms with Gasteiger partial charge in [0.1, 0.15) is 5.82 Å². The van der Waals surface area contributed by atoms with E-state index in [-0.39, 0.29) is 0 Å². The molecule has 0 bridgehead atoms. The number of fused-ring (bicyclic) bond motifs is 1. The van der Waals surface area contributed by atoms with Crippen LogP contribution in [0, 0.1) is 11.3 Å². The van der Waals surface area contributed by atoms with E-state index in [1.807, 2.05) is 30.3 Å². The van der Waals surface area contributed by atoms with Crippen LogP contribution in [0.15, 0.2) is 109 Å². The molecule has 0 N–H and O–H groups in total. The molecule has 166 valence electrons. The molecule has 0 spiro atoms. The van der Waals surface area contributed by atoms with Crippen LogP contribution < -0.4 is 0 Å². The highest BCUT2D eigenvalue weighted by molar-refractivity contribution is 5.76. The van der Waals surface area contributed by atoms with Gasteiger partial charge in [0, 0.05) is 19.6 Å². The van der Waals surface area contributed by atoms with Crippen molar-refractivity contribution >= 4 is 11.0 Å². The van der Waals surface area contributed by atoms with Crippen LogP contribution in [0.25, 0.3) is 11.0 Å². The Kier molecular flexibility index (Phi) is 6.47. The monoisotopic (exact) mass is 442 g/mol. The number of imidazole rings is 1. The molecule has 0 aliphatic rings. The summed E-state index contributed by atoms with van der Waals surface area (Å²) in [7, 11) is 0. The third-order valence-corrected chi connectivity index (χ3v) is 6.02. The molecular formula is C30H26N4. The predicted octanol–water partition coefficient (Wildman–Crippen LogP) is 6.16. The molecule has 4 heteroatoms. The first kappa shape index (κ1) is 21.6. The van der Waals surface area contributed by atoms with Crippen molar-refractivity contribution in [2.24, 2.45) is 0 Å². The fraction of sp³-hybridized carbons (Fsp3) is 0.133. The first-order valence-electron chi connectivity index (χ1n) is 11.5. The number of para-hydroxylation sites is 2. The molecule has 0 aliphatic heterocycles. The van der Waals surface area contributed by atoms with Crippen LogP contribution in [0.4, 0.5) is 0 Å². The van der Waals surface area contributed by atoms with Crippen molar-refractivity contribution in [3.63, 3.8) is 0 Å². The van der Waals surface area contributed by atoms with Crippen LogP contribution >= 0.6 is 0 Å². The molecule has 1 heterocycles. The normalized spacial score (nSPS) is 11.1. The first-order chi connectivity index (χ1) is 16.8. The summed E-state index contributed by atoms with van der Waals surface area (Å²) in [6, 6.07) is 39.5. The van der Waals surface area contributed by atoms with Crippen molar-refractivity contribution in [2.45, 2.75) is 26.2 Å². The highest BCUT2D eigenvalue weighted by Crippen LogP contribution is 2.21. The Morgan fingerprint density at radius 2 is 1.24 bits per heavy atom. The van der Waals surface area contributed by atoms with Crippen LogP contribution in [0.1, 0.15) is 28.1 Å². The maximum Gasteiger partial charge on any atom is 0.124 e. The Balaban J connectivity index is 1.48. The number of nitrogens with zero attached hydrogens (tertiary/aromatic N) is 4. The average Bonchev–Trinajstić information content (AvgIpc) is 3.22. The average molecular weight is 443 g/mol. The van der Waals surface area contributed by atoms with Gasteiger partial charge in [-0.25, -0.2) is 4.98 Å². The predicted molar refractivity (Wildman–Crippen MR) is 136 cm³/mol. The highest BCUT2D eigenvalue weighted by Gasteiger charge is 2.16. The molecule has 4 aromatic carbocycles. The van der Waals surface area contributed by atoms with Gasteiger partial charge in [-0.1, -0.05) is 84.9 Å². The van der Waals surface area contributed by atoms with E-state index in [9.17, 15) is 0 Å². The van der Waals surface area contributed by atoms with Crippen molar-refractivity contribution in [1.29, 1.82) is 5.26 Å². The zero-order valence-electron chi connectivity index (χ0n) is 19.0. The standard InChI is InChI=1S/C30H26N4/c31-19-24-15-17-27(18-16-24)22-34-29-14-8-7-13-28(29)32-30(34)23-33(20-25-9-3-1-4-10-25)21-26-11-5-2-6-12-26/h1-18H,20-23H2. The van der Waals surface area contributed by atoms with Crippen molar-refractivity contribution in [3.05, 3.63) is 137 Å². The maximum atomic E-state index is 9.14. The molecule has 4 nitrogen and oxygen atoms in total. The van der Waals surface area contributed by atoms with E-state index in [1.165, 1.54) is 11.1 Å². The second kappa shape index (κ2) is 10.2. The van der Waals surface area contributed by atoms with E-state index in [1.54, 1.807) is 0 Å². The van der Waals surface area contributed by atoms with Crippen molar-refractivity contribution in [1.82, 2.24) is 14.5 Å². The number of rotatable bonds is 8. The molecule has 0 atom stereocenters. The minimum absolute atomic E-state index is 0.677. The minimum Gasteiger partial charge on any atom is -0.322 e. The molecule has 0 aliphatic carbocycles. The molecule has 0 unspecified atom stereocenters. The largest absolute Gasteiger partial charge is 0.322 e. The second-order valence-corrected chi connectivity index (χ2v) is 8.53. The Morgan fingerprint density at radius 3 is 1.85 bits per heavy atom. The Labute approximate surface area is 200 Å². The zero-order chi connectivity index (χ0) is 23.2. The van der Waals surface area contributed by atoms with Gasteiger partial charge in [-0.05, 0) is 41.0 Å². The topological polar surface area (TPSA) is 44.9 Å². The fourth-order valence-electron chi connectivity index (χ4n) is 4.34. The summed E-state index contributed by atoms with van der Waals surface area (Å²) in [6.45, 7) is 3.13. The van der Waals surface area contributed by atoms with E-state index >= 15 is 0 Å². The maximum absolute atomic E-state index is 9.14. The molecule has 0 saturated heterocycles. The summed E-state index contributed by atoms with van der Waals surface area (Å²) in [4.78, 5) is 7.48. The van der Waals surface area contributed by atoms with E-state index in [0.717, 1.165) is 42.1 Å². The summed E-state index contributed by atoms with van der Waals surface area (Å²) >= 11 is 0. The van der Waals surface area contributed by atoms with Gasteiger partial charge in [0.2, 0.25) is 0 Å². The summed E-state index contributed by atoms with van der Waals surface area (Å²) in [5, 5.41) is 9.14. The summed E-state index contributed by atoms with van der Waals surface area (Å²) in [5.41, 5.74) is 6.53. The molecule has 0 amide bonds. The molecular weight excluding hydrogens is 416 g/mol. The van der Waals surface area contributed by atoms with Crippen molar-refractivity contribution in [2.75, 3.05) is 0 Å². The summed E-state index contributed by atoms with van der Waals surface area (Å²) < 4.78 is 2.31. The Bertz CT molecular complexity index is 1360. The number of hydrogen-bond donors (Lipinski definition) is 0. The summed E-state index contributed by atoms with van der Waals surface area (Å²) in [6.07, 6.45) is 0. The molecule has 1 aromatic heterocycles. The van der Waals surface area contributed by atoms with E-state index in [2.05, 4.69) is 94.4 Å². The van der Waals surface area contributed by atoms with Crippen molar-refractivity contribution < 1.29 is 0 Å². The van der Waals surface area contributed by atoms with Gasteiger partial charge in [0.25, 0.3) is 0 Å². The molecule has 5 rings (SSSR count). The van der Waals surface area contributed by atoms with Crippen LogP contribution in [0.2, 0.25) is 0 Å². The molecule has 0 saturated carbocycles. The fourth-order valence-corrected chi connectivity index (χ4v) is 4.34. The third-order valence-electron chi connectivity index (χ3n) is 6.02. The van der Waals surface area contributed by atoms with Gasteiger partial charge in [0.05, 0.1) is 29.2 Å². The zero-order valence-corrected chi connectivity index (χ0v) is 19.0. The number of hydrogen-bond acceptors (Lipinski definition) is 3. The lowest BCUT2D eigenvalue weighted by atomic mass is 10.1. The highest BCUT2D eigenvalue weighted by atomic mass is 15.2. The second-order valence-electron chi connectivity index (χ2n) is 8.53. The quantitative estimate of drug-likeness (QED) is 0.289.